The minimum absolute atomic E-state index is 0.110. The number of rotatable bonds is 8. The molecule has 7 heteroatoms. The highest BCUT2D eigenvalue weighted by Crippen LogP contribution is 2.32. The second-order valence-electron chi connectivity index (χ2n) is 8.74. The molecule has 33 heavy (non-hydrogen) atoms. The first-order valence-electron chi connectivity index (χ1n) is 11.5. The first-order valence-corrected chi connectivity index (χ1v) is 11.9. The maximum absolute atomic E-state index is 14.0. The van der Waals surface area contributed by atoms with Gasteiger partial charge in [-0.25, -0.2) is 14.4 Å². The quantitative estimate of drug-likeness (QED) is 0.416. The number of hydrogen-bond donors (Lipinski definition) is 0. The van der Waals surface area contributed by atoms with E-state index in [1.165, 1.54) is 11.6 Å². The van der Waals surface area contributed by atoms with Crippen LogP contribution in [0.2, 0.25) is 5.02 Å². The fourth-order valence-electron chi connectivity index (χ4n) is 4.37. The van der Waals surface area contributed by atoms with Gasteiger partial charge >= 0.3 is 0 Å². The van der Waals surface area contributed by atoms with Crippen molar-refractivity contribution in [3.63, 3.8) is 0 Å². The lowest BCUT2D eigenvalue weighted by atomic mass is 9.86. The first kappa shape index (κ1) is 22.1. The van der Waals surface area contributed by atoms with Gasteiger partial charge in [0.15, 0.2) is 0 Å². The van der Waals surface area contributed by atoms with Crippen molar-refractivity contribution in [1.82, 2.24) is 14.5 Å². The summed E-state index contributed by atoms with van der Waals surface area (Å²) in [5.74, 6) is 1.84. The highest BCUT2D eigenvalue weighted by molar-refractivity contribution is 6.30. The van der Waals surface area contributed by atoms with E-state index in [1.54, 1.807) is 18.2 Å². The summed E-state index contributed by atoms with van der Waals surface area (Å²) in [5, 5.41) is 0.371. The van der Waals surface area contributed by atoms with E-state index in [2.05, 4.69) is 26.8 Å². The number of hydrogen-bond acceptors (Lipinski definition) is 4. The Morgan fingerprint density at radius 1 is 1.21 bits per heavy atom. The zero-order valence-corrected chi connectivity index (χ0v) is 19.2. The normalized spacial score (nSPS) is 20.2. The number of pyridine rings is 1. The molecule has 1 saturated heterocycles. The number of aromatic nitrogens is 3. The number of nitrogens with zero attached hydrogens (tertiary/aromatic N) is 3. The third-order valence-corrected chi connectivity index (χ3v) is 6.66. The molecule has 5 rings (SSSR count). The second-order valence-corrected chi connectivity index (χ2v) is 9.17. The Morgan fingerprint density at radius 3 is 2.88 bits per heavy atom. The van der Waals surface area contributed by atoms with Crippen LogP contribution in [0, 0.1) is 11.7 Å². The minimum Gasteiger partial charge on any atom is -0.473 e. The van der Waals surface area contributed by atoms with Crippen molar-refractivity contribution in [2.45, 2.75) is 51.4 Å². The lowest BCUT2D eigenvalue weighted by Gasteiger charge is -2.28. The third-order valence-electron chi connectivity index (χ3n) is 6.43. The highest BCUT2D eigenvalue weighted by atomic mass is 35.5. The van der Waals surface area contributed by atoms with Crippen LogP contribution in [-0.2, 0) is 24.3 Å². The first-order chi connectivity index (χ1) is 16.1. The van der Waals surface area contributed by atoms with Gasteiger partial charge in [-0.3, -0.25) is 0 Å². The summed E-state index contributed by atoms with van der Waals surface area (Å²) < 4.78 is 27.6. The largest absolute Gasteiger partial charge is 0.473 e. The van der Waals surface area contributed by atoms with Crippen LogP contribution in [0.5, 0.6) is 5.88 Å². The summed E-state index contributed by atoms with van der Waals surface area (Å²) >= 11 is 5.82. The molecule has 1 aliphatic heterocycles. The molecular weight excluding hydrogens is 441 g/mol. The van der Waals surface area contributed by atoms with Crippen molar-refractivity contribution < 1.29 is 13.9 Å². The van der Waals surface area contributed by atoms with Crippen molar-refractivity contribution in [2.24, 2.45) is 5.92 Å². The molecule has 0 bridgehead atoms. The number of imidazole rings is 1. The van der Waals surface area contributed by atoms with E-state index in [9.17, 15) is 4.39 Å². The van der Waals surface area contributed by atoms with Crippen molar-refractivity contribution in [1.29, 1.82) is 0 Å². The molecule has 0 saturated carbocycles. The summed E-state index contributed by atoms with van der Waals surface area (Å²) in [6.45, 7) is 1.89. The Morgan fingerprint density at radius 2 is 2.12 bits per heavy atom. The van der Waals surface area contributed by atoms with E-state index in [1.807, 2.05) is 18.3 Å². The monoisotopic (exact) mass is 467 g/mol. The van der Waals surface area contributed by atoms with Crippen molar-refractivity contribution in [2.75, 3.05) is 6.61 Å². The van der Waals surface area contributed by atoms with Crippen LogP contribution in [0.25, 0.3) is 5.57 Å². The van der Waals surface area contributed by atoms with E-state index < -0.39 is 0 Å². The highest BCUT2D eigenvalue weighted by Gasteiger charge is 2.22. The average Bonchev–Trinajstić information content (AvgIpc) is 3.23. The molecule has 1 unspecified atom stereocenters. The van der Waals surface area contributed by atoms with Gasteiger partial charge in [-0.1, -0.05) is 29.8 Å². The Hall–Kier alpha value is -2.70. The molecule has 172 valence electrons. The zero-order valence-electron chi connectivity index (χ0n) is 18.4. The molecular formula is C26H27ClFN3O2. The van der Waals surface area contributed by atoms with Crippen LogP contribution in [0.15, 0.2) is 54.9 Å². The van der Waals surface area contributed by atoms with E-state index >= 15 is 0 Å². The zero-order chi connectivity index (χ0) is 22.6. The maximum Gasteiger partial charge on any atom is 0.214 e. The number of benzene rings is 1. The van der Waals surface area contributed by atoms with Crippen molar-refractivity contribution in [3.05, 3.63) is 82.8 Å². The standard InChI is InChI=1S/C26H27ClFN3O2/c27-21-9-8-20(23(28)15-21)17-33-26-3-1-2-24(30-26)19-6-4-18(5-7-19)14-25-29-11-12-31(25)16-22-10-13-32-22/h1-3,6,8-9,11-12,15,18,22H,4-5,7,10,13-14,16-17H2/t18?,22-/m0/s1. The SMILES string of the molecule is Fc1cc(Cl)ccc1COc1cccc(C2=CCC(Cc3nccn3C[C@@H]3CCO3)CC2)n1. The van der Waals surface area contributed by atoms with Gasteiger partial charge in [-0.05, 0) is 55.4 Å². The molecule has 5 nitrogen and oxygen atoms in total. The van der Waals surface area contributed by atoms with Crippen molar-refractivity contribution >= 4 is 17.2 Å². The predicted molar refractivity (Wildman–Crippen MR) is 126 cm³/mol. The average molecular weight is 468 g/mol. The van der Waals surface area contributed by atoms with Gasteiger partial charge in [0.05, 0.1) is 18.3 Å². The Kier molecular flexibility index (Phi) is 6.74. The molecule has 2 aromatic heterocycles. The van der Waals surface area contributed by atoms with Crippen LogP contribution in [0.3, 0.4) is 0 Å². The van der Waals surface area contributed by atoms with E-state index in [0.29, 0.717) is 28.5 Å². The molecule has 1 aromatic carbocycles. The van der Waals surface area contributed by atoms with Gasteiger partial charge < -0.3 is 14.0 Å². The summed E-state index contributed by atoms with van der Waals surface area (Å²) in [4.78, 5) is 9.24. The topological polar surface area (TPSA) is 49.2 Å². The summed E-state index contributed by atoms with van der Waals surface area (Å²) in [7, 11) is 0. The summed E-state index contributed by atoms with van der Waals surface area (Å²) in [6, 6.07) is 10.3. The number of ether oxygens (including phenoxy) is 2. The Labute approximate surface area is 198 Å². The molecule has 2 aliphatic rings. The molecule has 1 fully saturated rings. The summed E-state index contributed by atoms with van der Waals surface area (Å²) in [6.07, 6.45) is 11.8. The fourth-order valence-corrected chi connectivity index (χ4v) is 4.53. The van der Waals surface area contributed by atoms with E-state index in [0.717, 1.165) is 56.8 Å². The molecule has 0 amide bonds. The van der Waals surface area contributed by atoms with Crippen LogP contribution in [0.4, 0.5) is 4.39 Å². The number of allylic oxidation sites excluding steroid dienone is 2. The van der Waals surface area contributed by atoms with Gasteiger partial charge in [0.1, 0.15) is 18.2 Å². The van der Waals surface area contributed by atoms with Gasteiger partial charge in [0, 0.05) is 42.1 Å². The maximum atomic E-state index is 14.0. The molecule has 3 aromatic rings. The second kappa shape index (κ2) is 10.1. The fraction of sp³-hybridized carbons (Fsp3) is 0.385. The molecule has 2 atom stereocenters. The minimum atomic E-state index is -0.375. The van der Waals surface area contributed by atoms with E-state index in [-0.39, 0.29) is 12.4 Å². The lowest BCUT2D eigenvalue weighted by molar-refractivity contribution is -0.0596. The van der Waals surface area contributed by atoms with Gasteiger partial charge in [0.2, 0.25) is 5.88 Å². The molecule has 1 aliphatic carbocycles. The molecule has 0 radical (unpaired) electrons. The van der Waals surface area contributed by atoms with Crippen molar-refractivity contribution in [3.8, 4) is 5.88 Å². The summed E-state index contributed by atoms with van der Waals surface area (Å²) in [5.41, 5.74) is 2.61. The Balaban J connectivity index is 1.18. The molecule has 0 spiro atoms. The molecule has 3 heterocycles. The smallest absolute Gasteiger partial charge is 0.214 e. The van der Waals surface area contributed by atoms with Crippen LogP contribution < -0.4 is 4.74 Å². The van der Waals surface area contributed by atoms with Gasteiger partial charge in [0.25, 0.3) is 0 Å². The third kappa shape index (κ3) is 5.45. The Bertz CT molecular complexity index is 1140. The predicted octanol–water partition coefficient (Wildman–Crippen LogP) is 5.86. The van der Waals surface area contributed by atoms with E-state index in [4.69, 9.17) is 21.1 Å². The number of halogens is 2. The lowest BCUT2D eigenvalue weighted by Crippen LogP contribution is -2.31. The molecule has 0 N–H and O–H groups in total. The van der Waals surface area contributed by atoms with Crippen LogP contribution in [0.1, 0.15) is 42.8 Å². The van der Waals surface area contributed by atoms with Crippen LogP contribution >= 0.6 is 11.6 Å². The van der Waals surface area contributed by atoms with Gasteiger partial charge in [-0.15, -0.1) is 0 Å². The van der Waals surface area contributed by atoms with Crippen LogP contribution in [-0.4, -0.2) is 27.2 Å². The van der Waals surface area contributed by atoms with Gasteiger partial charge in [-0.2, -0.15) is 0 Å².